The van der Waals surface area contributed by atoms with Crippen LogP contribution >= 0.6 is 0 Å². The number of hydrogen-bond donors (Lipinski definition) is 0. The van der Waals surface area contributed by atoms with Crippen molar-refractivity contribution < 1.29 is 22.3 Å². The van der Waals surface area contributed by atoms with E-state index in [1.165, 1.54) is 38.3 Å². The molecule has 0 aliphatic carbocycles. The van der Waals surface area contributed by atoms with E-state index in [4.69, 9.17) is 16.4 Å². The molecule has 0 N–H and O–H groups in total. The second-order valence-electron chi connectivity index (χ2n) is 12.2. The lowest BCUT2D eigenvalue weighted by atomic mass is 9.96. The maximum atomic E-state index is 16.1. The molecule has 2 aromatic carbocycles. The van der Waals surface area contributed by atoms with Crippen molar-refractivity contribution in [2.45, 2.75) is 44.3 Å². The van der Waals surface area contributed by atoms with E-state index in [-0.39, 0.29) is 58.4 Å². The molecular weight excluding hydrogens is 596 g/mol. The van der Waals surface area contributed by atoms with Gasteiger partial charge in [-0.3, -0.25) is 9.88 Å². The number of methoxy groups -OCH3 is 1. The molecule has 7 nitrogen and oxygen atoms in total. The quantitative estimate of drug-likeness (QED) is 0.180. The van der Waals surface area contributed by atoms with E-state index in [2.05, 4.69) is 32.7 Å². The van der Waals surface area contributed by atoms with Crippen LogP contribution < -0.4 is 9.64 Å². The summed E-state index contributed by atoms with van der Waals surface area (Å²) >= 11 is 0. The van der Waals surface area contributed by atoms with Gasteiger partial charge in [0.2, 0.25) is 0 Å². The van der Waals surface area contributed by atoms with Crippen molar-refractivity contribution in [3.05, 3.63) is 65.6 Å². The van der Waals surface area contributed by atoms with E-state index in [0.717, 1.165) is 13.0 Å². The first-order valence-corrected chi connectivity index (χ1v) is 15.1. The van der Waals surface area contributed by atoms with Crippen LogP contribution in [0.1, 0.15) is 38.2 Å². The van der Waals surface area contributed by atoms with Gasteiger partial charge in [-0.2, -0.15) is 15.2 Å². The zero-order valence-corrected chi connectivity index (χ0v) is 25.5. The third kappa shape index (κ3) is 5.72. The smallest absolute Gasteiger partial charge is 0.318 e. The molecule has 4 aromatic rings. The summed E-state index contributed by atoms with van der Waals surface area (Å²) in [5.74, 6) is 0.425. The number of fused-ring (bicyclic) bond motifs is 3. The molecule has 0 spiro atoms. The minimum atomic E-state index is -0.782. The molecule has 2 saturated heterocycles. The van der Waals surface area contributed by atoms with Crippen molar-refractivity contribution >= 4 is 27.5 Å². The fraction of sp³-hybridized carbons (Fsp3) is 0.371. The number of benzene rings is 2. The number of pyridine rings is 1. The Labute approximate surface area is 264 Å². The van der Waals surface area contributed by atoms with Crippen LogP contribution in [0.4, 0.5) is 23.4 Å². The highest BCUT2D eigenvalue weighted by Gasteiger charge is 2.44. The molecule has 46 heavy (non-hydrogen) atoms. The number of aromatic nitrogens is 3. The first kappa shape index (κ1) is 31.3. The minimum Gasteiger partial charge on any atom is -0.467 e. The highest BCUT2D eigenvalue weighted by atomic mass is 19.1. The van der Waals surface area contributed by atoms with Crippen molar-refractivity contribution in [2.75, 3.05) is 38.2 Å². The number of nitriles is 1. The standard InChI is InChI=1S/C27H18F3N5O.C8H14FN/c1-3-18-21(29)8-7-16-5-4-6-19(22(16)18)24-23(30)25-20(12-32-24)26(34-27(33-25)36-2)35-13-15(9-10-31)11-17(28)14-35;1-8-3-2-4-10(8)6-7(9)5-8/h1,4-8,11-12,15H,9,13-14H2,2H3;7H,2-6H2,1H3/t;7?,8-/m.0/s1. The van der Waals surface area contributed by atoms with Crippen molar-refractivity contribution in [1.82, 2.24) is 19.9 Å². The molecule has 7 rings (SSSR count). The number of anilines is 1. The van der Waals surface area contributed by atoms with Gasteiger partial charge in [-0.15, -0.1) is 6.42 Å². The minimum absolute atomic E-state index is 0.00414. The Morgan fingerprint density at radius 2 is 1.98 bits per heavy atom. The summed E-state index contributed by atoms with van der Waals surface area (Å²) in [5.41, 5.74) is 0.377. The van der Waals surface area contributed by atoms with Gasteiger partial charge in [-0.05, 0) is 50.3 Å². The van der Waals surface area contributed by atoms with Crippen LogP contribution in [0.15, 0.2) is 48.4 Å². The first-order chi connectivity index (χ1) is 22.1. The number of rotatable bonds is 4. The van der Waals surface area contributed by atoms with Gasteiger partial charge in [0, 0.05) is 48.1 Å². The van der Waals surface area contributed by atoms with Crippen LogP contribution in [0.2, 0.25) is 0 Å². The van der Waals surface area contributed by atoms with Gasteiger partial charge < -0.3 is 9.64 Å². The zero-order chi connectivity index (χ0) is 32.6. The number of alkyl halides is 1. The van der Waals surface area contributed by atoms with Gasteiger partial charge in [0.05, 0.1) is 30.7 Å². The molecule has 3 atom stereocenters. The number of terminal acetylenes is 1. The van der Waals surface area contributed by atoms with Gasteiger partial charge >= 0.3 is 6.01 Å². The summed E-state index contributed by atoms with van der Waals surface area (Å²) in [6.07, 6.45) is 11.2. The molecule has 2 aromatic heterocycles. The molecule has 0 bridgehead atoms. The normalized spacial score (nSPS) is 22.5. The predicted octanol–water partition coefficient (Wildman–Crippen LogP) is 6.90. The average Bonchev–Trinajstić information content (AvgIpc) is 3.53. The maximum absolute atomic E-state index is 16.1. The van der Waals surface area contributed by atoms with Crippen LogP contribution in [0, 0.1) is 41.2 Å². The number of halogens is 4. The summed E-state index contributed by atoms with van der Waals surface area (Å²) in [7, 11) is 1.34. The molecule has 3 aliphatic rings. The fourth-order valence-corrected chi connectivity index (χ4v) is 6.93. The lowest BCUT2D eigenvalue weighted by Crippen LogP contribution is -2.35. The number of ether oxygens (including phenoxy) is 1. The van der Waals surface area contributed by atoms with Gasteiger partial charge in [-0.1, -0.05) is 30.2 Å². The predicted molar refractivity (Wildman–Crippen MR) is 169 cm³/mol. The molecular formula is C35H32F4N6O. The number of nitrogens with zero attached hydrogens (tertiary/aromatic N) is 6. The zero-order valence-electron chi connectivity index (χ0n) is 25.5. The Kier molecular flexibility index (Phi) is 8.54. The Hall–Kier alpha value is -4.74. The molecule has 0 radical (unpaired) electrons. The topological polar surface area (TPSA) is 78.2 Å². The molecule has 5 heterocycles. The van der Waals surface area contributed by atoms with Crippen LogP contribution in [-0.2, 0) is 0 Å². The van der Waals surface area contributed by atoms with Crippen LogP contribution in [0.25, 0.3) is 32.9 Å². The number of hydrogen-bond acceptors (Lipinski definition) is 7. The largest absolute Gasteiger partial charge is 0.467 e. The Morgan fingerprint density at radius 3 is 2.72 bits per heavy atom. The fourth-order valence-electron chi connectivity index (χ4n) is 6.93. The van der Waals surface area contributed by atoms with Crippen molar-refractivity contribution in [3.8, 4) is 35.7 Å². The van der Waals surface area contributed by atoms with E-state index in [1.54, 1.807) is 29.2 Å². The van der Waals surface area contributed by atoms with Crippen LogP contribution in [-0.4, -0.2) is 64.9 Å². The van der Waals surface area contributed by atoms with Crippen molar-refractivity contribution in [2.24, 2.45) is 5.92 Å². The maximum Gasteiger partial charge on any atom is 0.318 e. The summed E-state index contributed by atoms with van der Waals surface area (Å²) < 4.78 is 63.0. The highest BCUT2D eigenvalue weighted by molar-refractivity contribution is 6.02. The summed E-state index contributed by atoms with van der Waals surface area (Å²) in [4.78, 5) is 16.8. The molecule has 0 amide bonds. The Balaban J connectivity index is 0.000000314. The summed E-state index contributed by atoms with van der Waals surface area (Å²) in [6.45, 7) is 4.20. The summed E-state index contributed by atoms with van der Waals surface area (Å²) in [6, 6.07) is 9.81. The van der Waals surface area contributed by atoms with Crippen molar-refractivity contribution in [1.29, 1.82) is 5.26 Å². The summed E-state index contributed by atoms with van der Waals surface area (Å²) in [5, 5.41) is 10.3. The Morgan fingerprint density at radius 1 is 1.15 bits per heavy atom. The second kappa shape index (κ2) is 12.6. The van der Waals surface area contributed by atoms with Gasteiger partial charge in [0.1, 0.15) is 34.8 Å². The second-order valence-corrected chi connectivity index (χ2v) is 12.2. The van der Waals surface area contributed by atoms with Gasteiger partial charge in [0.25, 0.3) is 0 Å². The van der Waals surface area contributed by atoms with E-state index in [9.17, 15) is 13.2 Å². The monoisotopic (exact) mass is 628 g/mol. The van der Waals surface area contributed by atoms with Gasteiger partial charge in [-0.25, -0.2) is 17.6 Å². The lowest BCUT2D eigenvalue weighted by molar-refractivity contribution is 0.217. The molecule has 2 unspecified atom stereocenters. The SMILES string of the molecule is C#Cc1c(F)ccc2cccc(-c3ncc4c(N5CC(F)=CC(CC#N)C5)nc(OC)nc4c3F)c12.C[C@@]12CCCN1CC(F)C2. The average molecular weight is 629 g/mol. The van der Waals surface area contributed by atoms with Crippen molar-refractivity contribution in [3.63, 3.8) is 0 Å². The van der Waals surface area contributed by atoms with E-state index < -0.39 is 23.6 Å². The molecule has 3 aliphatic heterocycles. The lowest BCUT2D eigenvalue weighted by Gasteiger charge is -2.30. The first-order valence-electron chi connectivity index (χ1n) is 15.1. The molecule has 2 fully saturated rings. The van der Waals surface area contributed by atoms with E-state index in [0.29, 0.717) is 29.4 Å². The van der Waals surface area contributed by atoms with Crippen LogP contribution in [0.5, 0.6) is 6.01 Å². The molecule has 0 saturated carbocycles. The van der Waals surface area contributed by atoms with E-state index >= 15 is 4.39 Å². The molecule has 236 valence electrons. The highest BCUT2D eigenvalue weighted by Crippen LogP contribution is 2.40. The van der Waals surface area contributed by atoms with E-state index in [1.807, 2.05) is 6.07 Å². The Bertz CT molecular complexity index is 1940. The third-order valence-corrected chi connectivity index (χ3v) is 9.07. The molecule has 11 heteroatoms. The van der Waals surface area contributed by atoms with Gasteiger partial charge in [0.15, 0.2) is 5.82 Å². The third-order valence-electron chi connectivity index (χ3n) is 9.07. The van der Waals surface area contributed by atoms with Crippen LogP contribution in [0.3, 0.4) is 0 Å².